The largest absolute Gasteiger partial charge is 0.494 e. The Balaban J connectivity index is 1.19. The highest BCUT2D eigenvalue weighted by Gasteiger charge is 2.15. The summed E-state index contributed by atoms with van der Waals surface area (Å²) in [6, 6.07) is 20.2. The SMILES string of the molecule is CN1CCN(CCCNc2ccc(N=Cc3c(O)[nH]c4cc(C(=O)c5cccc(N)c5)ccc34)cc2)CC1. The number of carbonyl (C=O) groups is 1. The lowest BCUT2D eigenvalue weighted by Gasteiger charge is -2.32. The third-order valence-electron chi connectivity index (χ3n) is 7.02. The number of aromatic hydroxyl groups is 1. The number of carbonyl (C=O) groups excluding carboxylic acids is 1. The summed E-state index contributed by atoms with van der Waals surface area (Å²) in [6.45, 7) is 6.65. The van der Waals surface area contributed by atoms with Gasteiger partial charge in [0.15, 0.2) is 11.7 Å². The molecular formula is C30H34N6O2. The van der Waals surface area contributed by atoms with Gasteiger partial charge in [0, 0.05) is 72.3 Å². The second kappa shape index (κ2) is 11.5. The number of hydrogen-bond donors (Lipinski definition) is 4. The van der Waals surface area contributed by atoms with Gasteiger partial charge in [-0.15, -0.1) is 0 Å². The molecule has 0 radical (unpaired) electrons. The van der Waals surface area contributed by atoms with Crippen LogP contribution in [0, 0.1) is 0 Å². The minimum absolute atomic E-state index is 0.0101. The van der Waals surface area contributed by atoms with Crippen molar-refractivity contribution in [3.63, 3.8) is 0 Å². The maximum Gasteiger partial charge on any atom is 0.198 e. The van der Waals surface area contributed by atoms with Crippen molar-refractivity contribution < 1.29 is 9.90 Å². The number of H-pyrrole nitrogens is 1. The van der Waals surface area contributed by atoms with Crippen LogP contribution in [-0.2, 0) is 0 Å². The molecule has 4 aromatic rings. The molecule has 1 aromatic heterocycles. The fourth-order valence-corrected chi connectivity index (χ4v) is 4.73. The van der Waals surface area contributed by atoms with Crippen molar-refractivity contribution in [2.75, 3.05) is 57.4 Å². The molecule has 1 saturated heterocycles. The summed E-state index contributed by atoms with van der Waals surface area (Å²) in [6.07, 6.45) is 2.75. The molecule has 0 atom stereocenters. The molecule has 0 spiro atoms. The van der Waals surface area contributed by atoms with E-state index in [2.05, 4.69) is 32.1 Å². The van der Waals surface area contributed by atoms with Gasteiger partial charge in [0.1, 0.15) is 0 Å². The molecule has 5 N–H and O–H groups in total. The van der Waals surface area contributed by atoms with Gasteiger partial charge in [0.25, 0.3) is 0 Å². The first-order valence-corrected chi connectivity index (χ1v) is 13.0. The van der Waals surface area contributed by atoms with Crippen molar-refractivity contribution in [1.29, 1.82) is 0 Å². The smallest absolute Gasteiger partial charge is 0.198 e. The Hall–Kier alpha value is -4.14. The second-order valence-corrected chi connectivity index (χ2v) is 9.83. The molecule has 196 valence electrons. The topological polar surface area (TPSA) is 110 Å². The fourth-order valence-electron chi connectivity index (χ4n) is 4.73. The number of anilines is 2. The monoisotopic (exact) mass is 510 g/mol. The normalized spacial score (nSPS) is 14.9. The standard InChI is InChI=1S/C30H34N6O2/c1-35-14-16-36(17-15-35)13-3-12-32-24-7-9-25(10-8-24)33-20-27-26-11-6-22(19-28(26)34-30(27)38)29(37)21-4-2-5-23(31)18-21/h2,4-11,18-20,32,34,38H,3,12-17,31H2,1H3. The van der Waals surface area contributed by atoms with Gasteiger partial charge in [-0.1, -0.05) is 24.3 Å². The van der Waals surface area contributed by atoms with Crippen molar-refractivity contribution in [3.8, 4) is 5.88 Å². The van der Waals surface area contributed by atoms with E-state index in [1.165, 1.54) is 0 Å². The van der Waals surface area contributed by atoms with Crippen molar-refractivity contribution in [3.05, 3.63) is 83.4 Å². The number of piperazine rings is 1. The molecule has 0 bridgehead atoms. The third kappa shape index (κ3) is 6.04. The summed E-state index contributed by atoms with van der Waals surface area (Å²) in [5, 5.41) is 14.8. The van der Waals surface area contributed by atoms with Crippen LogP contribution in [0.15, 0.2) is 71.7 Å². The molecule has 8 nitrogen and oxygen atoms in total. The summed E-state index contributed by atoms with van der Waals surface area (Å²) < 4.78 is 0. The van der Waals surface area contributed by atoms with E-state index >= 15 is 0 Å². The number of likely N-dealkylation sites (N-methyl/N-ethyl adjacent to an activating group) is 1. The van der Waals surface area contributed by atoms with Gasteiger partial charge in [0.2, 0.25) is 0 Å². The number of aliphatic imine (C=N–C) groups is 1. The van der Waals surface area contributed by atoms with Gasteiger partial charge in [-0.3, -0.25) is 9.79 Å². The number of fused-ring (bicyclic) bond motifs is 1. The second-order valence-electron chi connectivity index (χ2n) is 9.83. The lowest BCUT2D eigenvalue weighted by Crippen LogP contribution is -2.44. The van der Waals surface area contributed by atoms with Crippen LogP contribution >= 0.6 is 0 Å². The molecule has 8 heteroatoms. The lowest BCUT2D eigenvalue weighted by molar-refractivity contribution is 0.103. The minimum Gasteiger partial charge on any atom is -0.494 e. The molecule has 5 rings (SSSR count). The number of aromatic amines is 1. The lowest BCUT2D eigenvalue weighted by atomic mass is 10.0. The van der Waals surface area contributed by atoms with E-state index in [1.807, 2.05) is 30.3 Å². The van der Waals surface area contributed by atoms with Gasteiger partial charge in [0.05, 0.1) is 11.3 Å². The van der Waals surface area contributed by atoms with Crippen LogP contribution in [0.1, 0.15) is 27.9 Å². The van der Waals surface area contributed by atoms with Crippen molar-refractivity contribution in [2.24, 2.45) is 4.99 Å². The van der Waals surface area contributed by atoms with E-state index < -0.39 is 0 Å². The predicted octanol–water partition coefficient (Wildman–Crippen LogP) is 4.49. The predicted molar refractivity (Wildman–Crippen MR) is 155 cm³/mol. The van der Waals surface area contributed by atoms with Crippen LogP contribution in [0.3, 0.4) is 0 Å². The highest BCUT2D eigenvalue weighted by atomic mass is 16.3. The molecule has 3 aromatic carbocycles. The Kier molecular flexibility index (Phi) is 7.72. The van der Waals surface area contributed by atoms with E-state index in [0.717, 1.165) is 62.5 Å². The van der Waals surface area contributed by atoms with Gasteiger partial charge < -0.3 is 30.9 Å². The van der Waals surface area contributed by atoms with Gasteiger partial charge in [-0.25, -0.2) is 0 Å². The molecule has 2 heterocycles. The maximum absolute atomic E-state index is 12.9. The van der Waals surface area contributed by atoms with Crippen LogP contribution in [0.5, 0.6) is 5.88 Å². The van der Waals surface area contributed by atoms with Crippen LogP contribution in [-0.4, -0.2) is 78.2 Å². The molecule has 1 aliphatic rings. The zero-order valence-corrected chi connectivity index (χ0v) is 21.7. The molecule has 38 heavy (non-hydrogen) atoms. The number of nitrogens with one attached hydrogen (secondary N) is 2. The van der Waals surface area contributed by atoms with Crippen LogP contribution in [0.4, 0.5) is 17.1 Å². The van der Waals surface area contributed by atoms with Crippen molar-refractivity contribution in [2.45, 2.75) is 6.42 Å². The molecule has 0 aliphatic carbocycles. The van der Waals surface area contributed by atoms with Crippen LogP contribution in [0.2, 0.25) is 0 Å². The average molecular weight is 511 g/mol. The van der Waals surface area contributed by atoms with Crippen molar-refractivity contribution >= 4 is 40.0 Å². The summed E-state index contributed by atoms with van der Waals surface area (Å²) in [5.74, 6) is -0.118. The Bertz CT molecular complexity index is 1440. The Morgan fingerprint density at radius 2 is 1.82 bits per heavy atom. The number of nitrogens with two attached hydrogens (primary N) is 1. The quantitative estimate of drug-likeness (QED) is 0.114. The molecule has 1 aliphatic heterocycles. The number of rotatable bonds is 9. The minimum atomic E-state index is -0.128. The first kappa shape index (κ1) is 25.5. The number of aromatic nitrogens is 1. The molecule has 0 amide bonds. The number of hydrogen-bond acceptors (Lipinski definition) is 7. The molecule has 0 saturated carbocycles. The summed E-state index contributed by atoms with van der Waals surface area (Å²) in [7, 11) is 2.18. The fraction of sp³-hybridized carbons (Fsp3) is 0.267. The van der Waals surface area contributed by atoms with Crippen LogP contribution < -0.4 is 11.1 Å². The van der Waals surface area contributed by atoms with Crippen molar-refractivity contribution in [1.82, 2.24) is 14.8 Å². The van der Waals surface area contributed by atoms with E-state index in [9.17, 15) is 9.90 Å². The first-order chi connectivity index (χ1) is 18.5. The number of ketones is 1. The Morgan fingerprint density at radius 1 is 1.05 bits per heavy atom. The Labute approximate surface area is 222 Å². The van der Waals surface area contributed by atoms with E-state index in [4.69, 9.17) is 5.73 Å². The molecular weight excluding hydrogens is 476 g/mol. The summed E-state index contributed by atoms with van der Waals surface area (Å²) in [5.41, 5.74) is 10.5. The maximum atomic E-state index is 12.9. The zero-order valence-electron chi connectivity index (χ0n) is 21.7. The molecule has 1 fully saturated rings. The average Bonchev–Trinajstić information content (AvgIpc) is 3.25. The van der Waals surface area contributed by atoms with E-state index in [-0.39, 0.29) is 11.7 Å². The Morgan fingerprint density at radius 3 is 2.58 bits per heavy atom. The third-order valence-corrected chi connectivity index (χ3v) is 7.02. The number of benzene rings is 3. The van der Waals surface area contributed by atoms with E-state index in [0.29, 0.717) is 27.9 Å². The highest BCUT2D eigenvalue weighted by Crippen LogP contribution is 2.28. The van der Waals surface area contributed by atoms with E-state index in [1.54, 1.807) is 42.6 Å². The number of nitrogen functional groups attached to an aromatic ring is 1. The molecule has 0 unspecified atom stereocenters. The van der Waals surface area contributed by atoms with Gasteiger partial charge in [-0.05, 0) is 62.5 Å². The highest BCUT2D eigenvalue weighted by molar-refractivity contribution is 6.12. The first-order valence-electron chi connectivity index (χ1n) is 13.0. The summed E-state index contributed by atoms with van der Waals surface area (Å²) >= 11 is 0. The summed E-state index contributed by atoms with van der Waals surface area (Å²) in [4.78, 5) is 25.3. The van der Waals surface area contributed by atoms with Gasteiger partial charge >= 0.3 is 0 Å². The van der Waals surface area contributed by atoms with Gasteiger partial charge in [-0.2, -0.15) is 0 Å². The zero-order chi connectivity index (χ0) is 26.5. The van der Waals surface area contributed by atoms with Crippen LogP contribution in [0.25, 0.3) is 10.9 Å². The number of nitrogens with zero attached hydrogens (tertiary/aromatic N) is 3.